The van der Waals surface area contributed by atoms with Gasteiger partial charge in [0.15, 0.2) is 17.8 Å². The zero-order valence-corrected chi connectivity index (χ0v) is 7.64. The summed E-state index contributed by atoms with van der Waals surface area (Å²) in [4.78, 5) is 0. The number of aromatic hydroxyl groups is 2. The van der Waals surface area contributed by atoms with Crippen molar-refractivity contribution in [2.75, 3.05) is 0 Å². The normalized spacial score (nSPS) is 15.0. The molecule has 0 saturated carbocycles. The van der Waals surface area contributed by atoms with E-state index in [2.05, 4.69) is 4.18 Å². The highest BCUT2D eigenvalue weighted by atomic mass is 32.2. The van der Waals surface area contributed by atoms with Crippen LogP contribution in [0.2, 0.25) is 0 Å². The zero-order valence-electron chi connectivity index (χ0n) is 6.82. The van der Waals surface area contributed by atoms with E-state index in [4.69, 9.17) is 19.9 Å². The van der Waals surface area contributed by atoms with E-state index in [0.29, 0.717) is 0 Å². The van der Waals surface area contributed by atoms with Crippen LogP contribution < -0.4 is 0 Å². The van der Waals surface area contributed by atoms with Crippen LogP contribution in [0.3, 0.4) is 0 Å². The molecule has 0 aliphatic heterocycles. The van der Waals surface area contributed by atoms with Gasteiger partial charge in [0.25, 0.3) is 0 Å². The summed E-state index contributed by atoms with van der Waals surface area (Å²) in [7, 11) is 0. The quantitative estimate of drug-likeness (QED) is 0.330. The zero-order chi connectivity index (χ0) is 10.7. The number of aliphatic hydroxyl groups excluding tert-OH is 1. The standard InChI is InChI=1S/C7H8O6S/c8-5-2-1-4(3-6(5)9)7(10)13-14(11)12/h1-3,7-10H,(H,11,12). The van der Waals surface area contributed by atoms with E-state index in [9.17, 15) is 4.21 Å². The van der Waals surface area contributed by atoms with Crippen LogP contribution in [0.15, 0.2) is 18.2 Å². The van der Waals surface area contributed by atoms with Crippen LogP contribution in [0.25, 0.3) is 0 Å². The van der Waals surface area contributed by atoms with Crippen molar-refractivity contribution in [1.82, 2.24) is 0 Å². The third kappa shape index (κ3) is 2.67. The third-order valence-electron chi connectivity index (χ3n) is 1.46. The van der Waals surface area contributed by atoms with Gasteiger partial charge in [-0.15, -0.1) is 0 Å². The van der Waals surface area contributed by atoms with Gasteiger partial charge in [-0.25, -0.2) is 4.18 Å². The van der Waals surface area contributed by atoms with E-state index < -0.39 is 23.4 Å². The van der Waals surface area contributed by atoms with Crippen LogP contribution in [0.5, 0.6) is 11.5 Å². The minimum Gasteiger partial charge on any atom is -0.504 e. The van der Waals surface area contributed by atoms with E-state index >= 15 is 0 Å². The highest BCUT2D eigenvalue weighted by Gasteiger charge is 2.12. The molecule has 78 valence electrons. The Bertz CT molecular complexity index is 352. The number of phenols is 2. The second-order valence-electron chi connectivity index (χ2n) is 2.41. The molecule has 0 aliphatic carbocycles. The van der Waals surface area contributed by atoms with Gasteiger partial charge in [0.1, 0.15) is 0 Å². The Labute approximate surface area is 81.9 Å². The van der Waals surface area contributed by atoms with Gasteiger partial charge in [0, 0.05) is 5.56 Å². The summed E-state index contributed by atoms with van der Waals surface area (Å²) in [5, 5.41) is 27.1. The lowest BCUT2D eigenvalue weighted by atomic mass is 10.2. The maximum atomic E-state index is 10.2. The van der Waals surface area contributed by atoms with Gasteiger partial charge in [0.05, 0.1) is 0 Å². The molecule has 0 heterocycles. The Kier molecular flexibility index (Phi) is 3.42. The second kappa shape index (κ2) is 4.38. The Hall–Kier alpha value is -1.15. The minimum atomic E-state index is -2.60. The third-order valence-corrected chi connectivity index (χ3v) is 1.81. The van der Waals surface area contributed by atoms with E-state index in [1.54, 1.807) is 0 Å². The van der Waals surface area contributed by atoms with E-state index in [0.717, 1.165) is 12.1 Å². The number of benzene rings is 1. The summed E-state index contributed by atoms with van der Waals surface area (Å²) < 4.78 is 22.6. The van der Waals surface area contributed by atoms with Crippen LogP contribution in [0.4, 0.5) is 0 Å². The van der Waals surface area contributed by atoms with Gasteiger partial charge in [-0.2, -0.15) is 4.21 Å². The minimum absolute atomic E-state index is 0.0581. The number of phenolic OH excluding ortho intramolecular Hbond substituents is 2. The molecule has 0 radical (unpaired) electrons. The molecule has 0 spiro atoms. The van der Waals surface area contributed by atoms with Crippen LogP contribution in [-0.2, 0) is 15.5 Å². The molecule has 0 amide bonds. The molecular weight excluding hydrogens is 212 g/mol. The number of rotatable bonds is 3. The van der Waals surface area contributed by atoms with E-state index in [1.165, 1.54) is 6.07 Å². The monoisotopic (exact) mass is 220 g/mol. The Morgan fingerprint density at radius 3 is 2.43 bits per heavy atom. The molecule has 0 fully saturated rings. The SMILES string of the molecule is O=S(O)OC(O)c1ccc(O)c(O)c1. The summed E-state index contributed by atoms with van der Waals surface area (Å²) >= 11 is -2.60. The lowest BCUT2D eigenvalue weighted by molar-refractivity contribution is -0.0151. The first-order chi connectivity index (χ1) is 6.50. The molecule has 2 atom stereocenters. The van der Waals surface area contributed by atoms with Gasteiger partial charge in [0.2, 0.25) is 0 Å². The molecule has 1 aromatic carbocycles. The molecule has 0 aromatic heterocycles. The Morgan fingerprint density at radius 2 is 1.93 bits per heavy atom. The summed E-state index contributed by atoms with van der Waals surface area (Å²) in [6.45, 7) is 0. The molecular formula is C7H8O6S. The van der Waals surface area contributed by atoms with E-state index in [1.807, 2.05) is 0 Å². The molecule has 14 heavy (non-hydrogen) atoms. The molecule has 0 saturated heterocycles. The van der Waals surface area contributed by atoms with Crippen molar-refractivity contribution >= 4 is 11.4 Å². The maximum Gasteiger partial charge on any atom is 0.304 e. The fourth-order valence-corrected chi connectivity index (χ4v) is 1.09. The van der Waals surface area contributed by atoms with Crippen molar-refractivity contribution < 1.29 is 28.3 Å². The van der Waals surface area contributed by atoms with Gasteiger partial charge in [-0.1, -0.05) is 0 Å². The predicted octanol–water partition coefficient (Wildman–Crippen LogP) is 0.242. The topological polar surface area (TPSA) is 107 Å². The van der Waals surface area contributed by atoms with Crippen molar-refractivity contribution in [3.8, 4) is 11.5 Å². The van der Waals surface area contributed by atoms with Gasteiger partial charge < -0.3 is 15.3 Å². The highest BCUT2D eigenvalue weighted by Crippen LogP contribution is 2.28. The Balaban J connectivity index is 2.85. The first-order valence-electron chi connectivity index (χ1n) is 3.48. The average molecular weight is 220 g/mol. The largest absolute Gasteiger partial charge is 0.504 e. The first kappa shape index (κ1) is 10.9. The molecule has 1 aromatic rings. The summed E-state index contributed by atoms with van der Waals surface area (Å²) in [6.07, 6.45) is -1.63. The smallest absolute Gasteiger partial charge is 0.304 e. The molecule has 6 nitrogen and oxygen atoms in total. The lowest BCUT2D eigenvalue weighted by Crippen LogP contribution is -2.04. The summed E-state index contributed by atoms with van der Waals surface area (Å²) in [6, 6.07) is 3.39. The fourth-order valence-electron chi connectivity index (χ4n) is 0.828. The van der Waals surface area contributed by atoms with E-state index in [-0.39, 0.29) is 11.3 Å². The second-order valence-corrected chi connectivity index (χ2v) is 3.04. The van der Waals surface area contributed by atoms with Gasteiger partial charge in [-0.05, 0) is 18.2 Å². The molecule has 0 aliphatic rings. The van der Waals surface area contributed by atoms with Crippen LogP contribution >= 0.6 is 0 Å². The van der Waals surface area contributed by atoms with Crippen molar-refractivity contribution in [2.24, 2.45) is 0 Å². The predicted molar refractivity (Wildman–Crippen MR) is 46.6 cm³/mol. The van der Waals surface area contributed by atoms with Gasteiger partial charge >= 0.3 is 11.4 Å². The summed E-state index contributed by atoms with van der Waals surface area (Å²) in [5.41, 5.74) is 0.0581. The average Bonchev–Trinajstić information content (AvgIpc) is 2.08. The van der Waals surface area contributed by atoms with Crippen LogP contribution in [0.1, 0.15) is 11.9 Å². The number of hydrogen-bond donors (Lipinski definition) is 4. The first-order valence-corrected chi connectivity index (χ1v) is 4.52. The summed E-state index contributed by atoms with van der Waals surface area (Å²) in [5.74, 6) is -0.806. The molecule has 7 heteroatoms. The van der Waals surface area contributed by atoms with Crippen molar-refractivity contribution in [2.45, 2.75) is 6.29 Å². The highest BCUT2D eigenvalue weighted by molar-refractivity contribution is 7.74. The van der Waals surface area contributed by atoms with Crippen molar-refractivity contribution in [1.29, 1.82) is 0 Å². The van der Waals surface area contributed by atoms with Crippen LogP contribution in [0, 0.1) is 0 Å². The van der Waals surface area contributed by atoms with Crippen molar-refractivity contribution in [3.63, 3.8) is 0 Å². The van der Waals surface area contributed by atoms with Crippen LogP contribution in [-0.4, -0.2) is 24.1 Å². The molecule has 2 unspecified atom stereocenters. The maximum absolute atomic E-state index is 10.2. The molecule has 1 rings (SSSR count). The Morgan fingerprint density at radius 1 is 1.29 bits per heavy atom. The van der Waals surface area contributed by atoms with Crippen molar-refractivity contribution in [3.05, 3.63) is 23.8 Å². The molecule has 4 N–H and O–H groups in total. The number of hydrogen-bond acceptors (Lipinski definition) is 5. The lowest BCUT2D eigenvalue weighted by Gasteiger charge is -2.09. The molecule has 0 bridgehead atoms. The van der Waals surface area contributed by atoms with Gasteiger partial charge in [-0.3, -0.25) is 4.55 Å². The fraction of sp³-hybridized carbons (Fsp3) is 0.143. The number of aliphatic hydroxyl groups is 1.